The van der Waals surface area contributed by atoms with Crippen molar-refractivity contribution in [1.82, 2.24) is 4.90 Å². The van der Waals surface area contributed by atoms with Gasteiger partial charge >= 0.3 is 27.7 Å². The van der Waals surface area contributed by atoms with Crippen molar-refractivity contribution in [1.29, 1.82) is 0 Å². The quantitative estimate of drug-likeness (QED) is 0.214. The molecule has 0 aromatic heterocycles. The Bertz CT molecular complexity index is 1170. The van der Waals surface area contributed by atoms with Crippen molar-refractivity contribution in [3.8, 4) is 5.75 Å². The van der Waals surface area contributed by atoms with Crippen LogP contribution in [-0.2, 0) is 37.2 Å². The second kappa shape index (κ2) is 10.5. The number of fused-ring (bicyclic) bond motifs is 1. The van der Waals surface area contributed by atoms with Crippen molar-refractivity contribution in [2.24, 2.45) is 0 Å². The molecule has 1 aromatic carbocycles. The molecule has 0 N–H and O–H groups in total. The minimum atomic E-state index is -5.86. The molecule has 1 amide bonds. The number of likely N-dealkylation sites (tertiary alicyclic amines) is 1. The number of Topliss-reactive ketones (excluding diaryl/α,β-unsaturated/α-hetero) is 1. The summed E-state index contributed by atoms with van der Waals surface area (Å²) in [6, 6.07) is 1.03. The molecule has 0 radical (unpaired) electrons. The molecule has 1 saturated heterocycles. The first kappa shape index (κ1) is 28.7. The highest BCUT2D eigenvalue weighted by atomic mass is 32.2. The molecule has 1 fully saturated rings. The Morgan fingerprint density at radius 3 is 2.30 bits per heavy atom. The fourth-order valence-electron chi connectivity index (χ4n) is 4.59. The minimum Gasteiger partial charge on any atom is -0.456 e. The number of benzene rings is 1. The van der Waals surface area contributed by atoms with E-state index in [1.165, 1.54) is 4.90 Å². The normalized spacial score (nSPS) is 19.9. The Balaban J connectivity index is 1.73. The fourth-order valence-corrected chi connectivity index (χ4v) is 5.08. The van der Waals surface area contributed by atoms with Gasteiger partial charge in [-0.25, -0.2) is 9.59 Å². The summed E-state index contributed by atoms with van der Waals surface area (Å²) in [6.07, 6.45) is 1.90. The van der Waals surface area contributed by atoms with Crippen LogP contribution in [0.15, 0.2) is 12.1 Å². The van der Waals surface area contributed by atoms with Crippen molar-refractivity contribution in [3.05, 3.63) is 28.8 Å². The van der Waals surface area contributed by atoms with Gasteiger partial charge in [-0.1, -0.05) is 6.92 Å². The van der Waals surface area contributed by atoms with E-state index in [2.05, 4.69) is 4.18 Å². The van der Waals surface area contributed by atoms with E-state index in [9.17, 15) is 36.0 Å². The lowest BCUT2D eigenvalue weighted by Gasteiger charge is -2.31. The second-order valence-corrected chi connectivity index (χ2v) is 11.5. The van der Waals surface area contributed by atoms with Crippen molar-refractivity contribution in [2.45, 2.75) is 89.4 Å². The predicted octanol–water partition coefficient (Wildman–Crippen LogP) is 4.31. The lowest BCUT2D eigenvalue weighted by Crippen LogP contribution is -2.47. The summed E-state index contributed by atoms with van der Waals surface area (Å²) in [5.74, 6) is -1.85. The van der Waals surface area contributed by atoms with E-state index in [1.54, 1.807) is 20.8 Å². The van der Waals surface area contributed by atoms with E-state index >= 15 is 0 Å². The first-order valence-corrected chi connectivity index (χ1v) is 13.3. The maximum Gasteiger partial charge on any atom is 0.534 e. The van der Waals surface area contributed by atoms with Gasteiger partial charge in [-0.05, 0) is 82.6 Å². The maximum absolute atomic E-state index is 12.9. The Hall–Kier alpha value is -2.83. The van der Waals surface area contributed by atoms with Gasteiger partial charge in [0.25, 0.3) is 0 Å². The van der Waals surface area contributed by atoms with Gasteiger partial charge in [-0.15, -0.1) is 0 Å². The van der Waals surface area contributed by atoms with E-state index in [1.807, 2.05) is 6.92 Å². The molecule has 2 aliphatic rings. The summed E-state index contributed by atoms with van der Waals surface area (Å²) in [4.78, 5) is 39.8. The van der Waals surface area contributed by atoms with Gasteiger partial charge < -0.3 is 13.7 Å². The molecule has 0 saturated carbocycles. The van der Waals surface area contributed by atoms with Crippen molar-refractivity contribution >= 4 is 28.0 Å². The number of amides is 1. The Kier molecular flexibility index (Phi) is 8.16. The molecule has 37 heavy (non-hydrogen) atoms. The second-order valence-electron chi connectivity index (χ2n) is 9.98. The summed E-state index contributed by atoms with van der Waals surface area (Å²) in [5, 5.41) is 0. The van der Waals surface area contributed by atoms with Crippen molar-refractivity contribution in [2.75, 3.05) is 6.61 Å². The molecule has 1 heterocycles. The van der Waals surface area contributed by atoms with E-state index in [-0.39, 0.29) is 23.6 Å². The summed E-state index contributed by atoms with van der Waals surface area (Å²) >= 11 is 0. The van der Waals surface area contributed by atoms with Gasteiger partial charge in [0.2, 0.25) is 5.78 Å². The number of esters is 1. The van der Waals surface area contributed by atoms with Crippen LogP contribution in [0, 0.1) is 0 Å². The van der Waals surface area contributed by atoms with Crippen molar-refractivity contribution < 1.29 is 49.6 Å². The number of alkyl halides is 3. The molecule has 2 atom stereocenters. The molecule has 1 aromatic rings. The topological polar surface area (TPSA) is 116 Å². The third-order valence-corrected chi connectivity index (χ3v) is 7.19. The SMILES string of the molecule is CC[C@H]1CC[C@@H](C(=O)OCC(=O)c2ccc(OS(=O)(=O)C(F)(F)F)c3c2CCC3)N1C(=O)OC(C)(C)C. The van der Waals surface area contributed by atoms with Crippen LogP contribution in [0.25, 0.3) is 0 Å². The number of ether oxygens (including phenoxy) is 2. The van der Waals surface area contributed by atoms with E-state index in [4.69, 9.17) is 9.47 Å². The lowest BCUT2D eigenvalue weighted by atomic mass is 9.99. The number of nitrogens with zero attached hydrogens (tertiary/aromatic N) is 1. The highest BCUT2D eigenvalue weighted by Crippen LogP contribution is 2.37. The molecule has 206 valence electrons. The van der Waals surface area contributed by atoms with Gasteiger partial charge in [0, 0.05) is 11.6 Å². The minimum absolute atomic E-state index is 0.110. The van der Waals surface area contributed by atoms with Crippen LogP contribution in [-0.4, -0.2) is 61.0 Å². The van der Waals surface area contributed by atoms with Gasteiger partial charge in [-0.2, -0.15) is 21.6 Å². The van der Waals surface area contributed by atoms with Crippen LogP contribution in [0.3, 0.4) is 0 Å². The summed E-state index contributed by atoms with van der Waals surface area (Å²) in [7, 11) is -5.86. The zero-order valence-corrected chi connectivity index (χ0v) is 21.8. The zero-order chi connectivity index (χ0) is 27.8. The van der Waals surface area contributed by atoms with Crippen LogP contribution in [0.5, 0.6) is 5.75 Å². The number of carbonyl (C=O) groups excluding carboxylic acids is 3. The van der Waals surface area contributed by atoms with Gasteiger partial charge in [0.1, 0.15) is 17.4 Å². The van der Waals surface area contributed by atoms with Crippen LogP contribution < -0.4 is 4.18 Å². The molecular weight excluding hydrogens is 519 g/mol. The third kappa shape index (κ3) is 6.36. The number of hydrogen-bond donors (Lipinski definition) is 0. The maximum atomic E-state index is 12.9. The summed E-state index contributed by atoms with van der Waals surface area (Å²) in [6.45, 7) is 6.36. The average molecular weight is 550 g/mol. The van der Waals surface area contributed by atoms with E-state index < -0.39 is 57.5 Å². The molecule has 1 aliphatic carbocycles. The molecule has 13 heteroatoms. The Morgan fingerprint density at radius 2 is 1.70 bits per heavy atom. The Morgan fingerprint density at radius 1 is 1.05 bits per heavy atom. The number of hydrogen-bond acceptors (Lipinski definition) is 8. The average Bonchev–Trinajstić information content (AvgIpc) is 3.43. The van der Waals surface area contributed by atoms with E-state index in [0.29, 0.717) is 37.7 Å². The molecule has 1 aliphatic heterocycles. The molecule has 0 spiro atoms. The van der Waals surface area contributed by atoms with Gasteiger partial charge in [0.15, 0.2) is 6.61 Å². The predicted molar refractivity (Wildman–Crippen MR) is 125 cm³/mol. The van der Waals surface area contributed by atoms with Crippen LogP contribution in [0.4, 0.5) is 18.0 Å². The molecule has 3 rings (SSSR count). The number of ketones is 1. The van der Waals surface area contributed by atoms with Crippen LogP contribution in [0.2, 0.25) is 0 Å². The molecular formula is C24H30F3NO8S. The van der Waals surface area contributed by atoms with Gasteiger partial charge in [0.05, 0.1) is 0 Å². The van der Waals surface area contributed by atoms with Crippen LogP contribution >= 0.6 is 0 Å². The monoisotopic (exact) mass is 549 g/mol. The molecule has 0 unspecified atom stereocenters. The van der Waals surface area contributed by atoms with Crippen molar-refractivity contribution in [3.63, 3.8) is 0 Å². The molecule has 0 bridgehead atoms. The summed E-state index contributed by atoms with van der Waals surface area (Å²) in [5.41, 5.74) is -5.69. The van der Waals surface area contributed by atoms with Gasteiger partial charge in [-0.3, -0.25) is 9.69 Å². The zero-order valence-electron chi connectivity index (χ0n) is 21.0. The van der Waals surface area contributed by atoms with Crippen LogP contribution in [0.1, 0.15) is 74.9 Å². The first-order valence-electron chi connectivity index (χ1n) is 11.9. The number of halogens is 3. The lowest BCUT2D eigenvalue weighted by molar-refractivity contribution is -0.148. The Labute approximate surface area is 213 Å². The number of rotatable bonds is 7. The fraction of sp³-hybridized carbons (Fsp3) is 0.625. The highest BCUT2D eigenvalue weighted by molar-refractivity contribution is 7.88. The number of carbonyl (C=O) groups is 3. The molecule has 9 nitrogen and oxygen atoms in total. The van der Waals surface area contributed by atoms with E-state index in [0.717, 1.165) is 12.1 Å². The summed E-state index contributed by atoms with van der Waals surface area (Å²) < 4.78 is 76.1. The third-order valence-electron chi connectivity index (χ3n) is 6.22. The highest BCUT2D eigenvalue weighted by Gasteiger charge is 2.49. The standard InChI is InChI=1S/C24H30F3NO8S/c1-5-14-9-11-18(28(14)22(31)35-23(2,3)4)21(30)34-13-19(29)16-10-12-20(17-8-6-7-15(16)17)36-37(32,33)24(25,26)27/h10,12,14,18H,5-9,11,13H2,1-4H3/t14-,18-/m0/s1. The smallest absolute Gasteiger partial charge is 0.456 e. The first-order chi connectivity index (χ1) is 17.1. The largest absolute Gasteiger partial charge is 0.534 e.